The molecule has 0 spiro atoms. The highest BCUT2D eigenvalue weighted by molar-refractivity contribution is 5.63. The van der Waals surface area contributed by atoms with Crippen molar-refractivity contribution in [2.75, 3.05) is 0 Å². The molecular weight excluding hydrogens is 520 g/mol. The molecule has 0 aromatic heterocycles. The summed E-state index contributed by atoms with van der Waals surface area (Å²) in [5.41, 5.74) is 1.49. The summed E-state index contributed by atoms with van der Waals surface area (Å²) in [4.78, 5) is 0. The van der Waals surface area contributed by atoms with E-state index < -0.39 is 30.3 Å². The molecule has 40 heavy (non-hydrogen) atoms. The number of phenolic OH excluding ortho intramolecular Hbond substituents is 6. The summed E-state index contributed by atoms with van der Waals surface area (Å²) < 4.78 is 12.0. The molecule has 10 nitrogen and oxygen atoms in total. The normalized spacial score (nSPS) is 23.4. The van der Waals surface area contributed by atoms with Gasteiger partial charge in [-0.3, -0.25) is 0 Å². The van der Waals surface area contributed by atoms with Crippen molar-refractivity contribution < 1.29 is 50.3 Å². The summed E-state index contributed by atoms with van der Waals surface area (Å²) in [6.45, 7) is 0. The van der Waals surface area contributed by atoms with Crippen molar-refractivity contribution in [3.63, 3.8) is 0 Å². The van der Waals surface area contributed by atoms with E-state index in [9.17, 15) is 40.9 Å². The topological polar surface area (TPSA) is 180 Å². The molecule has 2 heterocycles. The number of hydrogen-bond acceptors (Lipinski definition) is 10. The van der Waals surface area contributed by atoms with Crippen LogP contribution in [-0.4, -0.2) is 53.1 Å². The highest BCUT2D eigenvalue weighted by Gasteiger charge is 2.43. The van der Waals surface area contributed by atoms with Crippen LogP contribution in [-0.2, 0) is 6.42 Å². The summed E-state index contributed by atoms with van der Waals surface area (Å²) in [7, 11) is 0. The summed E-state index contributed by atoms with van der Waals surface area (Å²) >= 11 is 0. The van der Waals surface area contributed by atoms with Gasteiger partial charge < -0.3 is 50.3 Å². The Balaban J connectivity index is 1.44. The lowest BCUT2D eigenvalue weighted by atomic mass is 9.78. The van der Waals surface area contributed by atoms with Gasteiger partial charge in [0, 0.05) is 41.2 Å². The van der Waals surface area contributed by atoms with Crippen molar-refractivity contribution in [1.29, 1.82) is 0 Å². The Kier molecular flexibility index (Phi) is 6.01. The standard InChI is InChI=1S/C30H26O10/c31-15-4-1-13(2-5-15)30-28(38)25(17-7-6-16(32)10-23(17)40-30)26-21(35)12-24-18(27(26)37)11-22(36)29(39-24)14-3-8-19(33)20(34)9-14/h1-10,12,22,25,28-38H,11H2/t22-,25+,28+,29+,30-/m1/s1. The first kappa shape index (κ1) is 25.5. The van der Waals surface area contributed by atoms with Crippen LogP contribution in [0.15, 0.2) is 66.7 Å². The lowest BCUT2D eigenvalue weighted by molar-refractivity contribution is 0.00667. The maximum Gasteiger partial charge on any atom is 0.157 e. The Morgan fingerprint density at radius 1 is 0.600 bits per heavy atom. The van der Waals surface area contributed by atoms with Gasteiger partial charge in [0.2, 0.25) is 0 Å². The monoisotopic (exact) mass is 546 g/mol. The summed E-state index contributed by atoms with van der Waals surface area (Å²) in [5, 5.41) is 84.5. The Morgan fingerprint density at radius 2 is 1.27 bits per heavy atom. The minimum atomic E-state index is -1.32. The molecule has 0 radical (unpaired) electrons. The fourth-order valence-corrected chi connectivity index (χ4v) is 5.54. The van der Waals surface area contributed by atoms with Crippen LogP contribution in [0.5, 0.6) is 46.0 Å². The first-order valence-corrected chi connectivity index (χ1v) is 12.5. The first-order valence-electron chi connectivity index (χ1n) is 12.5. The van der Waals surface area contributed by atoms with Gasteiger partial charge in [-0.2, -0.15) is 0 Å². The zero-order valence-electron chi connectivity index (χ0n) is 20.8. The van der Waals surface area contributed by atoms with Gasteiger partial charge in [0.1, 0.15) is 46.7 Å². The minimum Gasteiger partial charge on any atom is -0.508 e. The lowest BCUT2D eigenvalue weighted by Gasteiger charge is -2.39. The van der Waals surface area contributed by atoms with Gasteiger partial charge in [-0.15, -0.1) is 0 Å². The second-order valence-corrected chi connectivity index (χ2v) is 10.0. The van der Waals surface area contributed by atoms with Gasteiger partial charge in [0.15, 0.2) is 17.6 Å². The number of rotatable bonds is 3. The van der Waals surface area contributed by atoms with Crippen LogP contribution in [0.3, 0.4) is 0 Å². The van der Waals surface area contributed by atoms with Crippen molar-refractivity contribution in [2.24, 2.45) is 0 Å². The maximum absolute atomic E-state index is 11.6. The Hall–Kier alpha value is -4.80. The minimum absolute atomic E-state index is 0.0122. The van der Waals surface area contributed by atoms with Crippen LogP contribution in [0, 0.1) is 0 Å². The zero-order valence-corrected chi connectivity index (χ0v) is 20.8. The number of aromatic hydroxyl groups is 6. The molecule has 8 N–H and O–H groups in total. The van der Waals surface area contributed by atoms with Gasteiger partial charge in [-0.1, -0.05) is 24.3 Å². The van der Waals surface area contributed by atoms with Crippen molar-refractivity contribution in [3.05, 3.63) is 94.5 Å². The van der Waals surface area contributed by atoms with E-state index >= 15 is 0 Å². The average Bonchev–Trinajstić information content (AvgIpc) is 2.92. The molecule has 0 fully saturated rings. The Morgan fingerprint density at radius 3 is 2.00 bits per heavy atom. The average molecular weight is 547 g/mol. The molecular formula is C30H26O10. The van der Waals surface area contributed by atoms with E-state index in [0.29, 0.717) is 16.7 Å². The largest absolute Gasteiger partial charge is 0.508 e. The molecule has 6 rings (SSSR count). The Bertz CT molecular complexity index is 1600. The molecule has 5 atom stereocenters. The van der Waals surface area contributed by atoms with Crippen LogP contribution in [0.1, 0.15) is 45.9 Å². The van der Waals surface area contributed by atoms with E-state index in [1.807, 2.05) is 0 Å². The molecule has 10 heteroatoms. The molecule has 2 aliphatic rings. The molecule has 4 aromatic rings. The van der Waals surface area contributed by atoms with Crippen molar-refractivity contribution in [1.82, 2.24) is 0 Å². The molecule has 2 aliphatic heterocycles. The van der Waals surface area contributed by atoms with Gasteiger partial charge in [0.25, 0.3) is 0 Å². The number of ether oxygens (including phenoxy) is 2. The quantitative estimate of drug-likeness (QED) is 0.177. The van der Waals surface area contributed by atoms with E-state index in [-0.39, 0.29) is 63.5 Å². The number of benzene rings is 4. The molecule has 206 valence electrons. The molecule has 0 aliphatic carbocycles. The van der Waals surface area contributed by atoms with E-state index in [1.165, 1.54) is 54.6 Å². The van der Waals surface area contributed by atoms with Crippen LogP contribution < -0.4 is 9.47 Å². The highest BCUT2D eigenvalue weighted by Crippen LogP contribution is 2.54. The first-order chi connectivity index (χ1) is 19.1. The number of fused-ring (bicyclic) bond motifs is 2. The van der Waals surface area contributed by atoms with E-state index in [1.54, 1.807) is 12.1 Å². The van der Waals surface area contributed by atoms with Crippen LogP contribution in [0.25, 0.3) is 0 Å². The summed E-state index contributed by atoms with van der Waals surface area (Å²) in [6, 6.07) is 15.6. The fraction of sp³-hybridized carbons (Fsp3) is 0.200. The predicted octanol–water partition coefficient (Wildman–Crippen LogP) is 3.58. The van der Waals surface area contributed by atoms with Gasteiger partial charge in [0.05, 0.1) is 6.10 Å². The second kappa shape index (κ2) is 9.44. The molecule has 0 saturated heterocycles. The fourth-order valence-electron chi connectivity index (χ4n) is 5.54. The highest BCUT2D eigenvalue weighted by atomic mass is 16.5. The van der Waals surface area contributed by atoms with Gasteiger partial charge in [-0.05, 0) is 41.5 Å². The SMILES string of the molecule is Oc1ccc([C@H]2Oc3cc(O)ccc3[C@@H](c3c(O)cc4c(c3O)C[C@@H](O)[C@H](c3ccc(O)c(O)c3)O4)[C@@H]2O)cc1. The maximum atomic E-state index is 11.6. The van der Waals surface area contributed by atoms with Crippen molar-refractivity contribution >= 4 is 0 Å². The van der Waals surface area contributed by atoms with Crippen LogP contribution in [0.4, 0.5) is 0 Å². The van der Waals surface area contributed by atoms with Crippen LogP contribution >= 0.6 is 0 Å². The number of aliphatic hydroxyl groups is 2. The number of phenols is 6. The molecule has 0 saturated carbocycles. The van der Waals surface area contributed by atoms with Gasteiger partial charge >= 0.3 is 0 Å². The van der Waals surface area contributed by atoms with E-state index in [0.717, 1.165) is 0 Å². The lowest BCUT2D eigenvalue weighted by Crippen LogP contribution is -2.35. The molecule has 0 unspecified atom stereocenters. The second-order valence-electron chi connectivity index (χ2n) is 10.0. The number of aliphatic hydroxyl groups excluding tert-OH is 2. The predicted molar refractivity (Wildman–Crippen MR) is 140 cm³/mol. The van der Waals surface area contributed by atoms with Crippen molar-refractivity contribution in [3.8, 4) is 46.0 Å². The third kappa shape index (κ3) is 4.14. The van der Waals surface area contributed by atoms with E-state index in [2.05, 4.69) is 0 Å². The van der Waals surface area contributed by atoms with Crippen LogP contribution in [0.2, 0.25) is 0 Å². The summed E-state index contributed by atoms with van der Waals surface area (Å²) in [6.07, 6.45) is -4.50. The Labute approximate surface area is 227 Å². The van der Waals surface area contributed by atoms with E-state index in [4.69, 9.17) is 9.47 Å². The third-order valence-electron chi connectivity index (χ3n) is 7.50. The van der Waals surface area contributed by atoms with Crippen molar-refractivity contribution in [2.45, 2.75) is 36.8 Å². The molecule has 4 aromatic carbocycles. The smallest absolute Gasteiger partial charge is 0.157 e. The number of hydrogen-bond donors (Lipinski definition) is 8. The molecule has 0 bridgehead atoms. The summed E-state index contributed by atoms with van der Waals surface area (Å²) in [5.74, 6) is -2.22. The van der Waals surface area contributed by atoms with Gasteiger partial charge in [-0.25, -0.2) is 0 Å². The third-order valence-corrected chi connectivity index (χ3v) is 7.50. The molecule has 0 amide bonds. The zero-order chi connectivity index (χ0) is 28.3.